The molecule has 0 unspecified atom stereocenters. The van der Waals surface area contributed by atoms with E-state index >= 15 is 0 Å². The molecule has 0 radical (unpaired) electrons. The van der Waals surface area contributed by atoms with Crippen LogP contribution in [-0.4, -0.2) is 16.2 Å². The van der Waals surface area contributed by atoms with E-state index in [1.807, 2.05) is 18.5 Å². The molecule has 1 aromatic heterocycles. The molecule has 19 heavy (non-hydrogen) atoms. The van der Waals surface area contributed by atoms with Gasteiger partial charge in [-0.1, -0.05) is 0 Å². The second-order valence-corrected chi connectivity index (χ2v) is 4.76. The van der Waals surface area contributed by atoms with E-state index in [4.69, 9.17) is 10.5 Å². The molecule has 0 aliphatic carbocycles. The van der Waals surface area contributed by atoms with Crippen LogP contribution in [0.4, 0.5) is 4.39 Å². The van der Waals surface area contributed by atoms with Gasteiger partial charge in [0.25, 0.3) is 0 Å². The number of halogens is 2. The van der Waals surface area contributed by atoms with Crippen LogP contribution in [0, 0.1) is 5.82 Å². The molecule has 102 valence electrons. The summed E-state index contributed by atoms with van der Waals surface area (Å²) in [6, 6.07) is 4.80. The lowest BCUT2D eigenvalue weighted by molar-refractivity contribution is 0.321. The molecule has 2 N–H and O–H groups in total. The zero-order chi connectivity index (χ0) is 14.0. The maximum atomic E-state index is 13.8. The summed E-state index contributed by atoms with van der Waals surface area (Å²) in [6.07, 6.45) is 0. The fourth-order valence-corrected chi connectivity index (χ4v) is 2.33. The topological polar surface area (TPSA) is 53.1 Å². The summed E-state index contributed by atoms with van der Waals surface area (Å²) in [5.74, 6) is 0.583. The van der Waals surface area contributed by atoms with Crippen LogP contribution >= 0.6 is 15.9 Å². The largest absolute Gasteiger partial charge is 0.491 e. The average molecular weight is 328 g/mol. The Kier molecular flexibility index (Phi) is 4.21. The van der Waals surface area contributed by atoms with Gasteiger partial charge in [-0.3, -0.25) is 0 Å². The summed E-state index contributed by atoms with van der Waals surface area (Å²) in [4.78, 5) is 4.40. The fraction of sp³-hybridized carbons (Fsp3) is 0.308. The first-order valence-corrected chi connectivity index (χ1v) is 6.71. The molecule has 2 rings (SSSR count). The third-order valence-corrected chi connectivity index (χ3v) is 3.71. The van der Waals surface area contributed by atoms with Crippen LogP contribution in [0.2, 0.25) is 0 Å². The Hall–Kier alpha value is -1.40. The van der Waals surface area contributed by atoms with Gasteiger partial charge >= 0.3 is 0 Å². The molecule has 0 saturated carbocycles. The third kappa shape index (κ3) is 2.64. The van der Waals surface area contributed by atoms with Crippen LogP contribution in [0.1, 0.15) is 12.7 Å². The molecular weight excluding hydrogens is 313 g/mol. The highest BCUT2D eigenvalue weighted by molar-refractivity contribution is 9.10. The summed E-state index contributed by atoms with van der Waals surface area (Å²) in [6.45, 7) is 2.58. The molecule has 2 aromatic rings. The summed E-state index contributed by atoms with van der Waals surface area (Å²) < 4.78 is 21.6. The van der Waals surface area contributed by atoms with E-state index in [0.29, 0.717) is 24.4 Å². The summed E-state index contributed by atoms with van der Waals surface area (Å²) in [5, 5.41) is 0. The standard InChI is InChI=1S/C13H15BrFN3O/c1-3-19-10-5-4-8(6-9(10)15)12-13(14)18(2)11(7-16)17-12/h4-6H,3,7,16H2,1-2H3. The Balaban J connectivity index is 2.45. The smallest absolute Gasteiger partial charge is 0.165 e. The van der Waals surface area contributed by atoms with Crippen molar-refractivity contribution >= 4 is 15.9 Å². The Bertz CT molecular complexity index is 598. The van der Waals surface area contributed by atoms with E-state index in [1.54, 1.807) is 12.1 Å². The first-order valence-electron chi connectivity index (χ1n) is 5.92. The van der Waals surface area contributed by atoms with Crippen molar-refractivity contribution in [3.63, 3.8) is 0 Å². The zero-order valence-corrected chi connectivity index (χ0v) is 12.4. The molecule has 0 aliphatic heterocycles. The predicted octanol–water partition coefficient (Wildman–Crippen LogP) is 2.85. The van der Waals surface area contributed by atoms with Crippen molar-refractivity contribution in [1.29, 1.82) is 0 Å². The molecule has 0 bridgehead atoms. The number of benzene rings is 1. The number of ether oxygens (including phenoxy) is 1. The minimum atomic E-state index is -0.397. The molecule has 0 amide bonds. The van der Waals surface area contributed by atoms with Crippen LogP contribution in [0.5, 0.6) is 5.75 Å². The van der Waals surface area contributed by atoms with Gasteiger partial charge in [0.15, 0.2) is 11.6 Å². The van der Waals surface area contributed by atoms with Gasteiger partial charge in [0.2, 0.25) is 0 Å². The van der Waals surface area contributed by atoms with E-state index < -0.39 is 5.82 Å². The third-order valence-electron chi connectivity index (χ3n) is 2.81. The molecular formula is C13H15BrFN3O. The minimum absolute atomic E-state index is 0.248. The number of nitrogens with zero attached hydrogens (tertiary/aromatic N) is 2. The average Bonchev–Trinajstić information content (AvgIpc) is 2.69. The lowest BCUT2D eigenvalue weighted by atomic mass is 10.1. The van der Waals surface area contributed by atoms with E-state index in [0.717, 1.165) is 10.4 Å². The van der Waals surface area contributed by atoms with E-state index in [-0.39, 0.29) is 5.75 Å². The van der Waals surface area contributed by atoms with E-state index in [9.17, 15) is 4.39 Å². The predicted molar refractivity (Wildman–Crippen MR) is 75.4 cm³/mol. The van der Waals surface area contributed by atoms with Gasteiger partial charge in [0.1, 0.15) is 16.1 Å². The van der Waals surface area contributed by atoms with Gasteiger partial charge < -0.3 is 15.0 Å². The minimum Gasteiger partial charge on any atom is -0.491 e. The first-order chi connectivity index (χ1) is 9.08. The van der Waals surface area contributed by atoms with Crippen LogP contribution in [0.25, 0.3) is 11.3 Å². The van der Waals surface area contributed by atoms with Gasteiger partial charge in [-0.05, 0) is 41.1 Å². The van der Waals surface area contributed by atoms with Crippen molar-refractivity contribution in [3.05, 3.63) is 34.4 Å². The van der Waals surface area contributed by atoms with Gasteiger partial charge in [-0.2, -0.15) is 0 Å². The molecule has 6 heteroatoms. The Morgan fingerprint density at radius 2 is 2.21 bits per heavy atom. The monoisotopic (exact) mass is 327 g/mol. The number of hydrogen-bond donors (Lipinski definition) is 1. The normalized spacial score (nSPS) is 10.8. The first kappa shape index (κ1) is 14.0. The molecule has 0 atom stereocenters. The van der Waals surface area contributed by atoms with E-state index in [2.05, 4.69) is 20.9 Å². The number of aromatic nitrogens is 2. The number of nitrogens with two attached hydrogens (primary N) is 1. The van der Waals surface area contributed by atoms with Gasteiger partial charge in [0.05, 0.1) is 13.2 Å². The highest BCUT2D eigenvalue weighted by Crippen LogP contribution is 2.30. The van der Waals surface area contributed by atoms with Crippen molar-refractivity contribution in [1.82, 2.24) is 9.55 Å². The molecule has 1 heterocycles. The maximum absolute atomic E-state index is 13.8. The molecule has 0 saturated heterocycles. The zero-order valence-electron chi connectivity index (χ0n) is 10.8. The van der Waals surface area contributed by atoms with E-state index in [1.165, 1.54) is 6.07 Å². The molecule has 4 nitrogen and oxygen atoms in total. The van der Waals surface area contributed by atoms with Crippen molar-refractivity contribution in [2.45, 2.75) is 13.5 Å². The summed E-state index contributed by atoms with van der Waals surface area (Å²) in [7, 11) is 1.85. The van der Waals surface area contributed by atoms with Crippen molar-refractivity contribution < 1.29 is 9.13 Å². The molecule has 1 aromatic carbocycles. The van der Waals surface area contributed by atoms with Gasteiger partial charge in [-0.25, -0.2) is 9.37 Å². The molecule has 0 fully saturated rings. The Morgan fingerprint density at radius 1 is 1.47 bits per heavy atom. The number of rotatable bonds is 4. The number of hydrogen-bond acceptors (Lipinski definition) is 3. The molecule has 0 spiro atoms. The van der Waals surface area contributed by atoms with Crippen LogP contribution in [0.3, 0.4) is 0 Å². The van der Waals surface area contributed by atoms with Gasteiger partial charge in [0, 0.05) is 12.6 Å². The lowest BCUT2D eigenvalue weighted by Crippen LogP contribution is -2.04. The highest BCUT2D eigenvalue weighted by Gasteiger charge is 2.15. The SMILES string of the molecule is CCOc1ccc(-c2nc(CN)n(C)c2Br)cc1F. The second-order valence-electron chi connectivity index (χ2n) is 4.01. The van der Waals surface area contributed by atoms with Crippen molar-refractivity contribution in [2.24, 2.45) is 12.8 Å². The fourth-order valence-electron chi connectivity index (χ4n) is 1.81. The van der Waals surface area contributed by atoms with Crippen molar-refractivity contribution in [2.75, 3.05) is 6.61 Å². The van der Waals surface area contributed by atoms with Gasteiger partial charge in [-0.15, -0.1) is 0 Å². The summed E-state index contributed by atoms with van der Waals surface area (Å²) >= 11 is 3.44. The second kappa shape index (κ2) is 5.71. The molecule has 0 aliphatic rings. The van der Waals surface area contributed by atoms with Crippen molar-refractivity contribution in [3.8, 4) is 17.0 Å². The van der Waals surface area contributed by atoms with Crippen LogP contribution in [0.15, 0.2) is 22.8 Å². The van der Waals surface area contributed by atoms with Crippen LogP contribution in [-0.2, 0) is 13.6 Å². The Morgan fingerprint density at radius 3 is 2.74 bits per heavy atom. The quantitative estimate of drug-likeness (QED) is 0.939. The lowest BCUT2D eigenvalue weighted by Gasteiger charge is -2.06. The maximum Gasteiger partial charge on any atom is 0.165 e. The van der Waals surface area contributed by atoms with Crippen LogP contribution < -0.4 is 10.5 Å². The Labute approximate surface area is 119 Å². The number of imidazole rings is 1. The summed E-state index contributed by atoms with van der Waals surface area (Å²) in [5.41, 5.74) is 6.96. The highest BCUT2D eigenvalue weighted by atomic mass is 79.9.